The SMILES string of the molecule is O=C(Nc1ccc(F)cc1)c1ccccc1C(=O)Nc1ccc(F)cc1. The average molecular weight is 352 g/mol. The van der Waals surface area contributed by atoms with E-state index >= 15 is 0 Å². The van der Waals surface area contributed by atoms with E-state index in [1.54, 1.807) is 12.1 Å². The molecule has 0 saturated heterocycles. The number of halogens is 2. The van der Waals surface area contributed by atoms with E-state index in [2.05, 4.69) is 10.6 Å². The molecule has 3 aromatic rings. The number of nitrogens with one attached hydrogen (secondary N) is 2. The van der Waals surface area contributed by atoms with Crippen molar-refractivity contribution in [2.45, 2.75) is 0 Å². The van der Waals surface area contributed by atoms with E-state index in [0.29, 0.717) is 11.4 Å². The van der Waals surface area contributed by atoms with Crippen LogP contribution in [0.3, 0.4) is 0 Å². The van der Waals surface area contributed by atoms with E-state index in [4.69, 9.17) is 0 Å². The first-order valence-corrected chi connectivity index (χ1v) is 7.76. The van der Waals surface area contributed by atoms with Crippen LogP contribution in [0.15, 0.2) is 72.8 Å². The molecule has 6 heteroatoms. The molecule has 130 valence electrons. The van der Waals surface area contributed by atoms with Crippen molar-refractivity contribution < 1.29 is 18.4 Å². The van der Waals surface area contributed by atoms with E-state index in [1.165, 1.54) is 60.7 Å². The highest BCUT2D eigenvalue weighted by molar-refractivity contribution is 6.15. The zero-order chi connectivity index (χ0) is 18.5. The highest BCUT2D eigenvalue weighted by Crippen LogP contribution is 2.16. The lowest BCUT2D eigenvalue weighted by Gasteiger charge is -2.11. The van der Waals surface area contributed by atoms with Crippen LogP contribution in [0, 0.1) is 11.6 Å². The zero-order valence-corrected chi connectivity index (χ0v) is 13.5. The first-order valence-electron chi connectivity index (χ1n) is 7.76. The van der Waals surface area contributed by atoms with Crippen molar-refractivity contribution >= 4 is 23.2 Å². The lowest BCUT2D eigenvalue weighted by atomic mass is 10.1. The number of benzene rings is 3. The van der Waals surface area contributed by atoms with Crippen LogP contribution >= 0.6 is 0 Å². The van der Waals surface area contributed by atoms with Crippen molar-refractivity contribution in [2.24, 2.45) is 0 Å². The van der Waals surface area contributed by atoms with Gasteiger partial charge in [-0.2, -0.15) is 0 Å². The summed E-state index contributed by atoms with van der Waals surface area (Å²) in [6.45, 7) is 0. The number of hydrogen-bond acceptors (Lipinski definition) is 2. The number of carbonyl (C=O) groups is 2. The molecule has 0 bridgehead atoms. The molecule has 0 aliphatic heterocycles. The van der Waals surface area contributed by atoms with Gasteiger partial charge < -0.3 is 10.6 Å². The molecule has 0 heterocycles. The van der Waals surface area contributed by atoms with Gasteiger partial charge in [-0.05, 0) is 60.7 Å². The molecule has 2 N–H and O–H groups in total. The maximum atomic E-state index is 13.0. The van der Waals surface area contributed by atoms with Gasteiger partial charge in [-0.15, -0.1) is 0 Å². The van der Waals surface area contributed by atoms with Gasteiger partial charge in [0.25, 0.3) is 11.8 Å². The molecule has 0 unspecified atom stereocenters. The molecule has 3 rings (SSSR count). The lowest BCUT2D eigenvalue weighted by molar-refractivity contribution is 0.0990. The summed E-state index contributed by atoms with van der Waals surface area (Å²) in [6.07, 6.45) is 0. The first-order chi connectivity index (χ1) is 12.5. The van der Waals surface area contributed by atoms with Gasteiger partial charge >= 0.3 is 0 Å². The predicted molar refractivity (Wildman–Crippen MR) is 95.1 cm³/mol. The predicted octanol–water partition coefficient (Wildman–Crippen LogP) is 4.47. The molecule has 0 aromatic heterocycles. The third-order valence-corrected chi connectivity index (χ3v) is 3.62. The molecule has 0 saturated carbocycles. The van der Waals surface area contributed by atoms with Gasteiger partial charge in [-0.1, -0.05) is 12.1 Å². The van der Waals surface area contributed by atoms with E-state index < -0.39 is 23.4 Å². The van der Waals surface area contributed by atoms with Crippen LogP contribution in [0.5, 0.6) is 0 Å². The van der Waals surface area contributed by atoms with Crippen LogP contribution < -0.4 is 10.6 Å². The average Bonchev–Trinajstić information content (AvgIpc) is 2.65. The van der Waals surface area contributed by atoms with E-state index in [9.17, 15) is 18.4 Å². The number of carbonyl (C=O) groups excluding carboxylic acids is 2. The number of hydrogen-bond donors (Lipinski definition) is 2. The normalized spacial score (nSPS) is 10.2. The Morgan fingerprint density at radius 2 is 0.923 bits per heavy atom. The molecule has 3 aromatic carbocycles. The molecule has 0 aliphatic carbocycles. The minimum atomic E-state index is -0.499. The summed E-state index contributed by atoms with van der Waals surface area (Å²) in [4.78, 5) is 25.0. The highest BCUT2D eigenvalue weighted by Gasteiger charge is 2.17. The maximum absolute atomic E-state index is 13.0. The van der Waals surface area contributed by atoms with Crippen molar-refractivity contribution in [3.8, 4) is 0 Å². The van der Waals surface area contributed by atoms with Crippen molar-refractivity contribution in [2.75, 3.05) is 10.6 Å². The number of anilines is 2. The topological polar surface area (TPSA) is 58.2 Å². The molecule has 0 fully saturated rings. The molecule has 26 heavy (non-hydrogen) atoms. The summed E-state index contributed by atoms with van der Waals surface area (Å²) in [5.41, 5.74) is 1.14. The molecule has 0 spiro atoms. The van der Waals surface area contributed by atoms with E-state index in [1.807, 2.05) is 0 Å². The standard InChI is InChI=1S/C20H14F2N2O2/c21-13-5-9-15(10-6-13)23-19(25)17-3-1-2-4-18(17)20(26)24-16-11-7-14(22)8-12-16/h1-12H,(H,23,25)(H,24,26). The van der Waals surface area contributed by atoms with Gasteiger partial charge in [-0.3, -0.25) is 9.59 Å². The van der Waals surface area contributed by atoms with Crippen LogP contribution in [0.1, 0.15) is 20.7 Å². The molecule has 0 atom stereocenters. The fraction of sp³-hybridized carbons (Fsp3) is 0. The second-order valence-corrected chi connectivity index (χ2v) is 5.47. The summed E-state index contributed by atoms with van der Waals surface area (Å²) in [5.74, 6) is -1.83. The molecule has 0 radical (unpaired) electrons. The summed E-state index contributed by atoms with van der Waals surface area (Å²) in [6, 6.07) is 16.9. The summed E-state index contributed by atoms with van der Waals surface area (Å²) in [7, 11) is 0. The van der Waals surface area contributed by atoms with Gasteiger partial charge in [0.1, 0.15) is 11.6 Å². The molecule has 0 aliphatic rings. The fourth-order valence-corrected chi connectivity index (χ4v) is 2.34. The van der Waals surface area contributed by atoms with Crippen molar-refractivity contribution in [1.29, 1.82) is 0 Å². The number of amides is 2. The zero-order valence-electron chi connectivity index (χ0n) is 13.5. The highest BCUT2D eigenvalue weighted by atomic mass is 19.1. The molecule has 4 nitrogen and oxygen atoms in total. The minimum absolute atomic E-state index is 0.163. The quantitative estimate of drug-likeness (QED) is 0.728. The Labute approximate surface area is 148 Å². The summed E-state index contributed by atoms with van der Waals surface area (Å²) < 4.78 is 25.9. The van der Waals surface area contributed by atoms with Gasteiger partial charge in [0, 0.05) is 11.4 Å². The van der Waals surface area contributed by atoms with Crippen LogP contribution in [-0.2, 0) is 0 Å². The van der Waals surface area contributed by atoms with Crippen molar-refractivity contribution in [3.63, 3.8) is 0 Å². The fourth-order valence-electron chi connectivity index (χ4n) is 2.34. The minimum Gasteiger partial charge on any atom is -0.322 e. The smallest absolute Gasteiger partial charge is 0.256 e. The third kappa shape index (κ3) is 4.10. The second kappa shape index (κ2) is 7.57. The molecular weight excluding hydrogens is 338 g/mol. The van der Waals surface area contributed by atoms with Crippen LogP contribution in [0.2, 0.25) is 0 Å². The monoisotopic (exact) mass is 352 g/mol. The Kier molecular flexibility index (Phi) is 5.03. The van der Waals surface area contributed by atoms with Gasteiger partial charge in [-0.25, -0.2) is 8.78 Å². The van der Waals surface area contributed by atoms with Crippen molar-refractivity contribution in [3.05, 3.63) is 95.6 Å². The van der Waals surface area contributed by atoms with Gasteiger partial charge in [0.2, 0.25) is 0 Å². The van der Waals surface area contributed by atoms with Crippen LogP contribution in [-0.4, -0.2) is 11.8 Å². The van der Waals surface area contributed by atoms with Crippen LogP contribution in [0.25, 0.3) is 0 Å². The Bertz CT molecular complexity index is 860. The largest absolute Gasteiger partial charge is 0.322 e. The van der Waals surface area contributed by atoms with Gasteiger partial charge in [0.05, 0.1) is 11.1 Å². The molecule has 2 amide bonds. The summed E-state index contributed by atoms with van der Waals surface area (Å²) in [5, 5.41) is 5.23. The Morgan fingerprint density at radius 3 is 1.27 bits per heavy atom. The molecular formula is C20H14F2N2O2. The third-order valence-electron chi connectivity index (χ3n) is 3.62. The summed E-state index contributed by atoms with van der Waals surface area (Å²) >= 11 is 0. The maximum Gasteiger partial charge on any atom is 0.256 e. The van der Waals surface area contributed by atoms with Crippen molar-refractivity contribution in [1.82, 2.24) is 0 Å². The van der Waals surface area contributed by atoms with E-state index in [0.717, 1.165) is 0 Å². The van der Waals surface area contributed by atoms with Gasteiger partial charge in [0.15, 0.2) is 0 Å². The lowest BCUT2D eigenvalue weighted by Crippen LogP contribution is -2.20. The van der Waals surface area contributed by atoms with E-state index in [-0.39, 0.29) is 11.1 Å². The Hall–Kier alpha value is -3.54. The first kappa shape index (κ1) is 17.3. The number of rotatable bonds is 4. The van der Waals surface area contributed by atoms with Crippen LogP contribution in [0.4, 0.5) is 20.2 Å². The Morgan fingerprint density at radius 1 is 0.577 bits per heavy atom. The second-order valence-electron chi connectivity index (χ2n) is 5.47. The Balaban J connectivity index is 1.80.